The SMILES string of the molecule is Cn1cnnc1C(c1cccc(Br)c1)C1CC(OC(F)(F)F)C1. The van der Waals surface area contributed by atoms with Crippen molar-refractivity contribution in [3.05, 3.63) is 46.5 Å². The van der Waals surface area contributed by atoms with Crippen molar-refractivity contribution in [2.75, 3.05) is 0 Å². The Hall–Kier alpha value is -1.41. The van der Waals surface area contributed by atoms with Gasteiger partial charge in [0.25, 0.3) is 0 Å². The average Bonchev–Trinajstić information content (AvgIpc) is 2.81. The van der Waals surface area contributed by atoms with E-state index in [0.717, 1.165) is 15.9 Å². The summed E-state index contributed by atoms with van der Waals surface area (Å²) in [4.78, 5) is 0. The van der Waals surface area contributed by atoms with Crippen molar-refractivity contribution in [2.24, 2.45) is 13.0 Å². The van der Waals surface area contributed by atoms with E-state index >= 15 is 0 Å². The highest BCUT2D eigenvalue weighted by Crippen LogP contribution is 2.45. The van der Waals surface area contributed by atoms with Crippen molar-refractivity contribution < 1.29 is 17.9 Å². The number of hydrogen-bond acceptors (Lipinski definition) is 3. The van der Waals surface area contributed by atoms with Gasteiger partial charge in [-0.2, -0.15) is 0 Å². The standard InChI is InChI=1S/C15H15BrF3N3O/c1-22-8-20-21-14(22)13(9-3-2-4-11(16)5-9)10-6-12(7-10)23-15(17,18)19/h2-5,8,10,12-13H,6-7H2,1H3. The van der Waals surface area contributed by atoms with Gasteiger partial charge >= 0.3 is 6.36 Å². The molecule has 8 heteroatoms. The number of alkyl halides is 3. The van der Waals surface area contributed by atoms with Gasteiger partial charge in [0.15, 0.2) is 0 Å². The predicted octanol–water partition coefficient (Wildman–Crippen LogP) is 4.02. The second-order valence-electron chi connectivity index (χ2n) is 5.75. The third-order valence-corrected chi connectivity index (χ3v) is 4.63. The van der Waals surface area contributed by atoms with E-state index < -0.39 is 12.5 Å². The number of ether oxygens (including phenoxy) is 1. The summed E-state index contributed by atoms with van der Waals surface area (Å²) in [5.41, 5.74) is 1.01. The molecule has 1 aliphatic carbocycles. The molecule has 0 bridgehead atoms. The van der Waals surface area contributed by atoms with Crippen LogP contribution >= 0.6 is 15.9 Å². The smallest absolute Gasteiger partial charge is 0.320 e. The molecule has 0 aliphatic heterocycles. The molecule has 0 spiro atoms. The Bertz CT molecular complexity index is 683. The van der Waals surface area contributed by atoms with Gasteiger partial charge < -0.3 is 4.57 Å². The van der Waals surface area contributed by atoms with Crippen LogP contribution in [0.4, 0.5) is 13.2 Å². The summed E-state index contributed by atoms with van der Waals surface area (Å²) < 4.78 is 43.8. The molecule has 1 aromatic carbocycles. The third-order valence-electron chi connectivity index (χ3n) is 4.14. The summed E-state index contributed by atoms with van der Waals surface area (Å²) in [5, 5.41) is 8.06. The summed E-state index contributed by atoms with van der Waals surface area (Å²) in [6.07, 6.45) is -3.05. The van der Waals surface area contributed by atoms with E-state index in [1.54, 1.807) is 6.33 Å². The molecule has 1 aliphatic rings. The van der Waals surface area contributed by atoms with E-state index in [1.165, 1.54) is 0 Å². The monoisotopic (exact) mass is 389 g/mol. The van der Waals surface area contributed by atoms with Crippen LogP contribution in [-0.2, 0) is 11.8 Å². The van der Waals surface area contributed by atoms with Gasteiger partial charge in [0, 0.05) is 17.4 Å². The van der Waals surface area contributed by atoms with E-state index in [2.05, 4.69) is 30.9 Å². The number of aromatic nitrogens is 3. The summed E-state index contributed by atoms with van der Waals surface area (Å²) in [6, 6.07) is 7.75. The van der Waals surface area contributed by atoms with Gasteiger partial charge in [0.2, 0.25) is 0 Å². The second kappa shape index (κ2) is 6.24. The quantitative estimate of drug-likeness (QED) is 0.792. The highest BCUT2D eigenvalue weighted by Gasteiger charge is 2.44. The van der Waals surface area contributed by atoms with Crippen molar-refractivity contribution in [3.8, 4) is 0 Å². The van der Waals surface area contributed by atoms with Crippen molar-refractivity contribution >= 4 is 15.9 Å². The largest absolute Gasteiger partial charge is 0.522 e. The van der Waals surface area contributed by atoms with Gasteiger partial charge in [-0.15, -0.1) is 23.4 Å². The van der Waals surface area contributed by atoms with Gasteiger partial charge in [-0.3, -0.25) is 4.74 Å². The first kappa shape index (κ1) is 16.4. The second-order valence-corrected chi connectivity index (χ2v) is 6.67. The van der Waals surface area contributed by atoms with Crippen LogP contribution in [0.1, 0.15) is 30.1 Å². The summed E-state index contributed by atoms with van der Waals surface area (Å²) in [6.45, 7) is 0. The van der Waals surface area contributed by atoms with E-state index in [9.17, 15) is 13.2 Å². The summed E-state index contributed by atoms with van der Waals surface area (Å²) in [5.74, 6) is 0.686. The van der Waals surface area contributed by atoms with Crippen molar-refractivity contribution in [3.63, 3.8) is 0 Å². The predicted molar refractivity (Wildman–Crippen MR) is 80.6 cm³/mol. The van der Waals surface area contributed by atoms with E-state index in [-0.39, 0.29) is 11.8 Å². The Labute approximate surface area is 139 Å². The Balaban J connectivity index is 1.82. The molecule has 1 heterocycles. The Morgan fingerprint density at radius 2 is 2.09 bits per heavy atom. The number of halogens is 4. The van der Waals surface area contributed by atoms with Gasteiger partial charge in [0.1, 0.15) is 12.2 Å². The molecule has 3 rings (SSSR count). The average molecular weight is 390 g/mol. The molecule has 0 N–H and O–H groups in total. The molecular formula is C15H15BrF3N3O. The fourth-order valence-corrected chi connectivity index (χ4v) is 3.49. The highest BCUT2D eigenvalue weighted by molar-refractivity contribution is 9.10. The number of rotatable bonds is 4. The fourth-order valence-electron chi connectivity index (χ4n) is 3.07. The lowest BCUT2D eigenvalue weighted by atomic mass is 9.70. The number of aryl methyl sites for hydroxylation is 1. The molecule has 0 radical (unpaired) electrons. The number of benzene rings is 1. The van der Waals surface area contributed by atoms with Gasteiger partial charge in [-0.05, 0) is 36.5 Å². The summed E-state index contributed by atoms with van der Waals surface area (Å²) >= 11 is 3.44. The van der Waals surface area contributed by atoms with Gasteiger partial charge in [0.05, 0.1) is 6.10 Å². The normalized spacial score (nSPS) is 22.7. The lowest BCUT2D eigenvalue weighted by molar-refractivity contribution is -0.354. The van der Waals surface area contributed by atoms with Crippen LogP contribution in [0, 0.1) is 5.92 Å². The van der Waals surface area contributed by atoms with Crippen LogP contribution in [0.5, 0.6) is 0 Å². The molecule has 1 saturated carbocycles. The lowest BCUT2D eigenvalue weighted by Gasteiger charge is -2.40. The van der Waals surface area contributed by atoms with Crippen LogP contribution in [0.2, 0.25) is 0 Å². The van der Waals surface area contributed by atoms with E-state index in [0.29, 0.717) is 12.8 Å². The lowest BCUT2D eigenvalue weighted by Crippen LogP contribution is -2.39. The first-order valence-electron chi connectivity index (χ1n) is 7.17. The minimum absolute atomic E-state index is 0.0412. The molecule has 23 heavy (non-hydrogen) atoms. The molecule has 4 nitrogen and oxygen atoms in total. The molecule has 1 aromatic heterocycles. The zero-order valence-corrected chi connectivity index (χ0v) is 13.9. The zero-order valence-electron chi connectivity index (χ0n) is 12.3. The van der Waals surface area contributed by atoms with Crippen molar-refractivity contribution in [1.29, 1.82) is 0 Å². The third kappa shape index (κ3) is 3.74. The minimum Gasteiger partial charge on any atom is -0.320 e. The maximum absolute atomic E-state index is 12.3. The fraction of sp³-hybridized carbons (Fsp3) is 0.467. The zero-order chi connectivity index (χ0) is 16.6. The molecule has 2 aromatic rings. The van der Waals surface area contributed by atoms with Crippen LogP contribution < -0.4 is 0 Å². The molecular weight excluding hydrogens is 375 g/mol. The minimum atomic E-state index is -4.58. The van der Waals surface area contributed by atoms with Crippen molar-refractivity contribution in [2.45, 2.75) is 31.2 Å². The molecule has 0 saturated heterocycles. The number of hydrogen-bond donors (Lipinski definition) is 0. The van der Waals surface area contributed by atoms with Crippen LogP contribution in [0.3, 0.4) is 0 Å². The molecule has 0 amide bonds. The van der Waals surface area contributed by atoms with Gasteiger partial charge in [-0.1, -0.05) is 28.1 Å². The Kier molecular flexibility index (Phi) is 4.46. The van der Waals surface area contributed by atoms with Crippen molar-refractivity contribution in [1.82, 2.24) is 14.8 Å². The highest BCUT2D eigenvalue weighted by atomic mass is 79.9. The first-order chi connectivity index (χ1) is 10.8. The summed E-state index contributed by atoms with van der Waals surface area (Å²) in [7, 11) is 1.84. The topological polar surface area (TPSA) is 39.9 Å². The maximum Gasteiger partial charge on any atom is 0.522 e. The number of nitrogens with zero attached hydrogens (tertiary/aromatic N) is 3. The molecule has 1 fully saturated rings. The molecule has 124 valence electrons. The van der Waals surface area contributed by atoms with Crippen LogP contribution in [0.15, 0.2) is 35.1 Å². The maximum atomic E-state index is 12.3. The molecule has 1 unspecified atom stereocenters. The first-order valence-corrected chi connectivity index (χ1v) is 7.96. The Morgan fingerprint density at radius 3 is 2.65 bits per heavy atom. The Morgan fingerprint density at radius 1 is 1.35 bits per heavy atom. The van der Waals surface area contributed by atoms with Gasteiger partial charge in [-0.25, -0.2) is 0 Å². The van der Waals surface area contributed by atoms with E-state index in [1.807, 2.05) is 35.9 Å². The van der Waals surface area contributed by atoms with E-state index in [4.69, 9.17) is 0 Å². The van der Waals surface area contributed by atoms with Crippen LogP contribution in [0.25, 0.3) is 0 Å². The van der Waals surface area contributed by atoms with Crippen LogP contribution in [-0.4, -0.2) is 27.2 Å². The molecule has 1 atom stereocenters.